The monoisotopic (exact) mass is 373 g/mol. The molecule has 3 aromatic carbocycles. The fourth-order valence-corrected chi connectivity index (χ4v) is 3.50. The van der Waals surface area contributed by atoms with E-state index in [-0.39, 0.29) is 18.4 Å². The van der Waals surface area contributed by atoms with E-state index < -0.39 is 6.10 Å². The van der Waals surface area contributed by atoms with Gasteiger partial charge in [0.25, 0.3) is 5.91 Å². The number of ether oxygens (including phenoxy) is 2. The minimum Gasteiger partial charge on any atom is -0.485 e. The first-order valence-corrected chi connectivity index (χ1v) is 9.57. The molecule has 1 atom stereocenters. The molecule has 1 amide bonds. The quantitative estimate of drug-likeness (QED) is 0.706. The molecule has 0 aromatic heterocycles. The SMILES string of the molecule is O=C(NCCC(c1ccccc1)c1ccccc1)[C@H]1COc2ccccc2O1. The number of rotatable bonds is 6. The summed E-state index contributed by atoms with van der Waals surface area (Å²) in [7, 11) is 0. The Balaban J connectivity index is 1.38. The minimum absolute atomic E-state index is 0.144. The summed E-state index contributed by atoms with van der Waals surface area (Å²) >= 11 is 0. The number of nitrogens with one attached hydrogen (secondary N) is 1. The zero-order valence-corrected chi connectivity index (χ0v) is 15.6. The fraction of sp³-hybridized carbons (Fsp3) is 0.208. The maximum Gasteiger partial charge on any atom is 0.264 e. The lowest BCUT2D eigenvalue weighted by molar-refractivity contribution is -0.130. The average Bonchev–Trinajstić information content (AvgIpc) is 2.77. The van der Waals surface area contributed by atoms with Crippen molar-refractivity contribution < 1.29 is 14.3 Å². The molecule has 28 heavy (non-hydrogen) atoms. The Morgan fingerprint density at radius 3 is 2.07 bits per heavy atom. The first kappa shape index (κ1) is 18.1. The number of benzene rings is 3. The third-order valence-electron chi connectivity index (χ3n) is 4.94. The number of fused-ring (bicyclic) bond motifs is 1. The van der Waals surface area contributed by atoms with Gasteiger partial charge in [0.05, 0.1) is 0 Å². The maximum atomic E-state index is 12.5. The molecule has 1 heterocycles. The minimum atomic E-state index is -0.623. The van der Waals surface area contributed by atoms with Crippen LogP contribution >= 0.6 is 0 Å². The van der Waals surface area contributed by atoms with Gasteiger partial charge in [-0.05, 0) is 29.7 Å². The third kappa shape index (κ3) is 4.17. The molecule has 4 heteroatoms. The van der Waals surface area contributed by atoms with Crippen LogP contribution < -0.4 is 14.8 Å². The molecule has 0 aliphatic carbocycles. The van der Waals surface area contributed by atoms with Crippen molar-refractivity contribution in [3.05, 3.63) is 96.1 Å². The van der Waals surface area contributed by atoms with Crippen molar-refractivity contribution in [1.82, 2.24) is 5.32 Å². The maximum absolute atomic E-state index is 12.5. The van der Waals surface area contributed by atoms with Gasteiger partial charge in [-0.2, -0.15) is 0 Å². The molecule has 4 nitrogen and oxygen atoms in total. The van der Waals surface area contributed by atoms with Crippen LogP contribution in [0.5, 0.6) is 11.5 Å². The van der Waals surface area contributed by atoms with Gasteiger partial charge in [-0.15, -0.1) is 0 Å². The lowest BCUT2D eigenvalue weighted by atomic mass is 9.88. The Kier molecular flexibility index (Phi) is 5.57. The molecule has 0 saturated heterocycles. The Bertz CT molecular complexity index is 872. The van der Waals surface area contributed by atoms with Gasteiger partial charge in [0, 0.05) is 12.5 Å². The van der Waals surface area contributed by atoms with Crippen LogP contribution in [0.1, 0.15) is 23.5 Å². The van der Waals surface area contributed by atoms with E-state index in [4.69, 9.17) is 9.47 Å². The summed E-state index contributed by atoms with van der Waals surface area (Å²) in [6, 6.07) is 28.2. The van der Waals surface area contributed by atoms with Crippen LogP contribution in [0, 0.1) is 0 Å². The van der Waals surface area contributed by atoms with Crippen LogP contribution in [0.3, 0.4) is 0 Å². The number of carbonyl (C=O) groups is 1. The van der Waals surface area contributed by atoms with Crippen LogP contribution in [0.2, 0.25) is 0 Å². The molecule has 142 valence electrons. The van der Waals surface area contributed by atoms with Crippen molar-refractivity contribution in [3.8, 4) is 11.5 Å². The Morgan fingerprint density at radius 1 is 0.857 bits per heavy atom. The van der Waals surface area contributed by atoms with Crippen LogP contribution in [0.4, 0.5) is 0 Å². The predicted molar refractivity (Wildman–Crippen MR) is 109 cm³/mol. The molecule has 0 fully saturated rings. The number of carbonyl (C=O) groups excluding carboxylic acids is 1. The standard InChI is InChI=1S/C24H23NO3/c26-24(23-17-27-21-13-7-8-14-22(21)28-23)25-16-15-20(18-9-3-1-4-10-18)19-11-5-2-6-12-19/h1-14,20,23H,15-17H2,(H,25,26)/t23-/m1/s1. The summed E-state index contributed by atoms with van der Waals surface area (Å²) in [6.07, 6.45) is 0.186. The molecular weight excluding hydrogens is 350 g/mol. The third-order valence-corrected chi connectivity index (χ3v) is 4.94. The van der Waals surface area contributed by atoms with Gasteiger partial charge in [-0.3, -0.25) is 4.79 Å². The van der Waals surface area contributed by atoms with Gasteiger partial charge in [-0.25, -0.2) is 0 Å². The van der Waals surface area contributed by atoms with Crippen molar-refractivity contribution in [2.45, 2.75) is 18.4 Å². The lowest BCUT2D eigenvalue weighted by Gasteiger charge is -2.26. The van der Waals surface area contributed by atoms with Gasteiger partial charge >= 0.3 is 0 Å². The normalized spacial score (nSPS) is 15.2. The molecule has 1 aliphatic rings. The predicted octanol–water partition coefficient (Wildman–Crippen LogP) is 4.16. The van der Waals surface area contributed by atoms with E-state index in [9.17, 15) is 4.79 Å². The molecule has 3 aromatic rings. The first-order chi connectivity index (χ1) is 13.8. The van der Waals surface area contributed by atoms with E-state index in [2.05, 4.69) is 53.8 Å². The van der Waals surface area contributed by atoms with Gasteiger partial charge < -0.3 is 14.8 Å². The fourth-order valence-electron chi connectivity index (χ4n) is 3.50. The van der Waals surface area contributed by atoms with Crippen molar-refractivity contribution in [2.24, 2.45) is 0 Å². The molecule has 0 bridgehead atoms. The van der Waals surface area contributed by atoms with E-state index >= 15 is 0 Å². The second kappa shape index (κ2) is 8.61. The van der Waals surface area contributed by atoms with Gasteiger partial charge in [-0.1, -0.05) is 72.8 Å². The Hall–Kier alpha value is -3.27. The molecule has 4 rings (SSSR count). The van der Waals surface area contributed by atoms with Crippen LogP contribution in [0.25, 0.3) is 0 Å². The number of hydrogen-bond donors (Lipinski definition) is 1. The zero-order chi connectivity index (χ0) is 19.2. The molecule has 0 unspecified atom stereocenters. The topological polar surface area (TPSA) is 47.6 Å². The van der Waals surface area contributed by atoms with Crippen molar-refractivity contribution in [1.29, 1.82) is 0 Å². The smallest absolute Gasteiger partial charge is 0.264 e. The summed E-state index contributed by atoms with van der Waals surface area (Å²) in [6.45, 7) is 0.790. The van der Waals surface area contributed by atoms with E-state index in [1.54, 1.807) is 0 Å². The molecule has 0 radical (unpaired) electrons. The van der Waals surface area contributed by atoms with Gasteiger partial charge in [0.15, 0.2) is 11.5 Å². The molecule has 0 spiro atoms. The molecule has 0 saturated carbocycles. The molecule has 1 N–H and O–H groups in total. The Labute approximate surface area is 165 Å². The highest BCUT2D eigenvalue weighted by molar-refractivity contribution is 5.81. The number of amides is 1. The Morgan fingerprint density at radius 2 is 1.43 bits per heavy atom. The average molecular weight is 373 g/mol. The molecule has 1 aliphatic heterocycles. The summed E-state index contributed by atoms with van der Waals surface area (Å²) in [5.74, 6) is 1.38. The summed E-state index contributed by atoms with van der Waals surface area (Å²) in [5, 5.41) is 3.01. The van der Waals surface area contributed by atoms with E-state index in [1.807, 2.05) is 36.4 Å². The zero-order valence-electron chi connectivity index (χ0n) is 15.6. The van der Waals surface area contributed by atoms with Crippen LogP contribution in [-0.2, 0) is 4.79 Å². The highest BCUT2D eigenvalue weighted by Crippen LogP contribution is 2.31. The highest BCUT2D eigenvalue weighted by atomic mass is 16.6. The second-order valence-electron chi connectivity index (χ2n) is 6.82. The van der Waals surface area contributed by atoms with Crippen LogP contribution in [-0.4, -0.2) is 25.2 Å². The largest absolute Gasteiger partial charge is 0.485 e. The highest BCUT2D eigenvalue weighted by Gasteiger charge is 2.27. The van der Waals surface area contributed by atoms with E-state index in [0.717, 1.165) is 6.42 Å². The summed E-state index contributed by atoms with van der Waals surface area (Å²) < 4.78 is 11.4. The van der Waals surface area contributed by atoms with E-state index in [1.165, 1.54) is 11.1 Å². The van der Waals surface area contributed by atoms with E-state index in [0.29, 0.717) is 18.0 Å². The summed E-state index contributed by atoms with van der Waals surface area (Å²) in [5.41, 5.74) is 2.49. The lowest BCUT2D eigenvalue weighted by Crippen LogP contribution is -2.44. The second-order valence-corrected chi connectivity index (χ2v) is 6.82. The number of para-hydroxylation sites is 2. The van der Waals surface area contributed by atoms with Gasteiger partial charge in [0.2, 0.25) is 6.10 Å². The van der Waals surface area contributed by atoms with Gasteiger partial charge in [0.1, 0.15) is 6.61 Å². The first-order valence-electron chi connectivity index (χ1n) is 9.57. The molecular formula is C24H23NO3. The number of hydrogen-bond acceptors (Lipinski definition) is 3. The summed E-state index contributed by atoms with van der Waals surface area (Å²) in [4.78, 5) is 12.5. The van der Waals surface area contributed by atoms with Crippen molar-refractivity contribution in [3.63, 3.8) is 0 Å². The van der Waals surface area contributed by atoms with Crippen LogP contribution in [0.15, 0.2) is 84.9 Å². The van der Waals surface area contributed by atoms with Crippen molar-refractivity contribution >= 4 is 5.91 Å². The van der Waals surface area contributed by atoms with Crippen molar-refractivity contribution in [2.75, 3.05) is 13.2 Å².